The van der Waals surface area contributed by atoms with Crippen molar-refractivity contribution in [2.24, 2.45) is 0 Å². The van der Waals surface area contributed by atoms with Crippen LogP contribution in [0.15, 0.2) is 28.8 Å². The van der Waals surface area contributed by atoms with E-state index in [-0.39, 0.29) is 5.69 Å². The maximum atomic E-state index is 11.0. The number of aryl methyl sites for hydroxylation is 2. The van der Waals surface area contributed by atoms with Crippen LogP contribution in [0.3, 0.4) is 0 Å². The first-order valence-corrected chi connectivity index (χ1v) is 4.86. The lowest BCUT2D eigenvalue weighted by Crippen LogP contribution is -1.99. The van der Waals surface area contributed by atoms with E-state index in [9.17, 15) is 4.79 Å². The second-order valence-corrected chi connectivity index (χ2v) is 3.63. The summed E-state index contributed by atoms with van der Waals surface area (Å²) in [6, 6.07) is 7.57. The predicted octanol–water partition coefficient (Wildman–Crippen LogP) is 2.66. The van der Waals surface area contributed by atoms with Crippen molar-refractivity contribution in [1.29, 1.82) is 0 Å². The van der Waals surface area contributed by atoms with Gasteiger partial charge in [-0.15, -0.1) is 0 Å². The molecule has 1 heterocycles. The van der Waals surface area contributed by atoms with Crippen LogP contribution in [0.1, 0.15) is 21.8 Å². The smallest absolute Gasteiger partial charge is 0.358 e. The molecule has 0 fully saturated rings. The van der Waals surface area contributed by atoms with Crippen LogP contribution in [0, 0.1) is 13.8 Å². The van der Waals surface area contributed by atoms with Crippen LogP contribution in [0.25, 0.3) is 11.1 Å². The molecule has 0 aliphatic rings. The Morgan fingerprint density at radius 2 is 1.88 bits per heavy atom. The average molecular weight is 217 g/mol. The zero-order chi connectivity index (χ0) is 11.7. The Labute approximate surface area is 92.5 Å². The molecule has 0 aliphatic heterocycles. The molecule has 0 atom stereocenters. The lowest BCUT2D eigenvalue weighted by atomic mass is 10.0. The number of nitrogens with zero attached hydrogens (tertiary/aromatic N) is 1. The molecule has 2 aromatic rings. The second-order valence-electron chi connectivity index (χ2n) is 3.63. The first-order valence-electron chi connectivity index (χ1n) is 4.86. The molecule has 0 saturated carbocycles. The van der Waals surface area contributed by atoms with Crippen LogP contribution in [-0.2, 0) is 0 Å². The zero-order valence-electron chi connectivity index (χ0n) is 9.02. The number of benzene rings is 1. The zero-order valence-corrected chi connectivity index (χ0v) is 9.02. The monoisotopic (exact) mass is 217 g/mol. The van der Waals surface area contributed by atoms with E-state index in [0.29, 0.717) is 11.3 Å². The first kappa shape index (κ1) is 10.4. The van der Waals surface area contributed by atoms with E-state index in [1.54, 1.807) is 6.92 Å². The fraction of sp³-hybridized carbons (Fsp3) is 0.167. The van der Waals surface area contributed by atoms with E-state index in [1.807, 2.05) is 31.2 Å². The van der Waals surface area contributed by atoms with E-state index >= 15 is 0 Å². The maximum absolute atomic E-state index is 11.0. The Morgan fingerprint density at radius 1 is 1.25 bits per heavy atom. The molecule has 1 N–H and O–H groups in total. The Morgan fingerprint density at radius 3 is 2.44 bits per heavy atom. The Balaban J connectivity index is 2.58. The van der Waals surface area contributed by atoms with Crippen molar-refractivity contribution in [2.75, 3.05) is 0 Å². The molecule has 0 saturated heterocycles. The Bertz CT molecular complexity index is 526. The highest BCUT2D eigenvalue weighted by Crippen LogP contribution is 2.27. The minimum Gasteiger partial charge on any atom is -0.476 e. The summed E-state index contributed by atoms with van der Waals surface area (Å²) in [5, 5.41) is 12.5. The van der Waals surface area contributed by atoms with Gasteiger partial charge in [-0.05, 0) is 19.4 Å². The maximum Gasteiger partial charge on any atom is 0.358 e. The van der Waals surface area contributed by atoms with Crippen LogP contribution >= 0.6 is 0 Å². The van der Waals surface area contributed by atoms with Crippen LogP contribution in [0.4, 0.5) is 0 Å². The van der Waals surface area contributed by atoms with Gasteiger partial charge in [0.1, 0.15) is 5.76 Å². The number of rotatable bonds is 2. The third-order valence-corrected chi connectivity index (χ3v) is 2.41. The van der Waals surface area contributed by atoms with Crippen molar-refractivity contribution in [3.63, 3.8) is 0 Å². The van der Waals surface area contributed by atoms with Gasteiger partial charge in [0.15, 0.2) is 5.69 Å². The fourth-order valence-corrected chi connectivity index (χ4v) is 1.58. The highest BCUT2D eigenvalue weighted by Gasteiger charge is 2.19. The summed E-state index contributed by atoms with van der Waals surface area (Å²) in [5.41, 5.74) is 2.44. The average Bonchev–Trinajstić information content (AvgIpc) is 2.62. The van der Waals surface area contributed by atoms with Crippen molar-refractivity contribution >= 4 is 5.97 Å². The van der Waals surface area contributed by atoms with E-state index in [2.05, 4.69) is 5.16 Å². The number of carboxylic acid groups (broad SMARTS) is 1. The number of carbonyl (C=O) groups is 1. The Kier molecular flexibility index (Phi) is 2.48. The Hall–Kier alpha value is -2.10. The van der Waals surface area contributed by atoms with Gasteiger partial charge in [-0.25, -0.2) is 4.79 Å². The van der Waals surface area contributed by atoms with Gasteiger partial charge >= 0.3 is 5.97 Å². The van der Waals surface area contributed by atoms with Crippen LogP contribution in [0.2, 0.25) is 0 Å². The summed E-state index contributed by atoms with van der Waals surface area (Å²) in [5.74, 6) is -0.561. The molecule has 4 heteroatoms. The number of hydrogen-bond acceptors (Lipinski definition) is 3. The lowest BCUT2D eigenvalue weighted by molar-refractivity contribution is 0.0686. The number of aromatic carboxylic acids is 1. The third-order valence-electron chi connectivity index (χ3n) is 2.41. The highest BCUT2D eigenvalue weighted by molar-refractivity contribution is 5.94. The molecular formula is C12H11NO3. The topological polar surface area (TPSA) is 63.3 Å². The van der Waals surface area contributed by atoms with Gasteiger partial charge in [-0.2, -0.15) is 0 Å². The summed E-state index contributed by atoms with van der Waals surface area (Å²) < 4.78 is 4.91. The summed E-state index contributed by atoms with van der Waals surface area (Å²) >= 11 is 0. The largest absolute Gasteiger partial charge is 0.476 e. The molecule has 2 rings (SSSR count). The van der Waals surface area contributed by atoms with Crippen molar-refractivity contribution in [3.05, 3.63) is 41.3 Å². The fourth-order valence-electron chi connectivity index (χ4n) is 1.58. The van der Waals surface area contributed by atoms with Gasteiger partial charge in [-0.3, -0.25) is 0 Å². The molecule has 0 spiro atoms. The van der Waals surface area contributed by atoms with E-state index in [4.69, 9.17) is 9.63 Å². The van der Waals surface area contributed by atoms with Crippen molar-refractivity contribution in [2.45, 2.75) is 13.8 Å². The number of carboxylic acids is 1. The van der Waals surface area contributed by atoms with Gasteiger partial charge in [0.25, 0.3) is 0 Å². The molecular weight excluding hydrogens is 206 g/mol. The number of hydrogen-bond donors (Lipinski definition) is 1. The number of aromatic nitrogens is 1. The minimum absolute atomic E-state index is 0.0404. The molecule has 16 heavy (non-hydrogen) atoms. The molecule has 1 aromatic carbocycles. The standard InChI is InChI=1S/C12H11NO3/c1-7-3-5-9(6-4-7)10-8(2)16-13-11(10)12(14)15/h3-6H,1-2H3,(H,14,15). The predicted molar refractivity (Wildman–Crippen MR) is 58.4 cm³/mol. The van der Waals surface area contributed by atoms with Gasteiger partial charge in [0.05, 0.1) is 5.56 Å². The molecule has 0 bridgehead atoms. The summed E-state index contributed by atoms with van der Waals surface area (Å²) in [4.78, 5) is 11.0. The third kappa shape index (κ3) is 1.69. The molecule has 0 radical (unpaired) electrons. The van der Waals surface area contributed by atoms with E-state index in [0.717, 1.165) is 11.1 Å². The van der Waals surface area contributed by atoms with Crippen LogP contribution < -0.4 is 0 Å². The SMILES string of the molecule is Cc1ccc(-c2c(C(=O)O)noc2C)cc1. The quantitative estimate of drug-likeness (QED) is 0.839. The van der Waals surface area contributed by atoms with Crippen molar-refractivity contribution in [1.82, 2.24) is 5.16 Å². The van der Waals surface area contributed by atoms with Crippen molar-refractivity contribution in [3.8, 4) is 11.1 Å². The lowest BCUT2D eigenvalue weighted by Gasteiger charge is -2.00. The molecule has 0 aliphatic carbocycles. The second kappa shape index (κ2) is 3.81. The van der Waals surface area contributed by atoms with Gasteiger partial charge in [-0.1, -0.05) is 35.0 Å². The van der Waals surface area contributed by atoms with Gasteiger partial charge in [0.2, 0.25) is 0 Å². The molecule has 0 amide bonds. The molecule has 4 nitrogen and oxygen atoms in total. The van der Waals surface area contributed by atoms with E-state index in [1.165, 1.54) is 0 Å². The van der Waals surface area contributed by atoms with Crippen molar-refractivity contribution < 1.29 is 14.4 Å². The van der Waals surface area contributed by atoms with Crippen LogP contribution in [0.5, 0.6) is 0 Å². The summed E-state index contributed by atoms with van der Waals surface area (Å²) in [6.45, 7) is 3.68. The summed E-state index contributed by atoms with van der Waals surface area (Å²) in [6.07, 6.45) is 0. The van der Waals surface area contributed by atoms with Gasteiger partial charge < -0.3 is 9.63 Å². The first-order chi connectivity index (χ1) is 7.59. The highest BCUT2D eigenvalue weighted by atomic mass is 16.5. The minimum atomic E-state index is -1.08. The normalized spacial score (nSPS) is 10.4. The molecule has 0 unspecified atom stereocenters. The van der Waals surface area contributed by atoms with E-state index < -0.39 is 5.97 Å². The molecule has 82 valence electrons. The molecule has 1 aromatic heterocycles. The van der Waals surface area contributed by atoms with Crippen LogP contribution in [-0.4, -0.2) is 16.2 Å². The van der Waals surface area contributed by atoms with Gasteiger partial charge in [0, 0.05) is 0 Å². The summed E-state index contributed by atoms with van der Waals surface area (Å²) in [7, 11) is 0.